The van der Waals surface area contributed by atoms with Crippen molar-refractivity contribution in [1.82, 2.24) is 10.2 Å². The van der Waals surface area contributed by atoms with E-state index in [-0.39, 0.29) is 22.9 Å². The third-order valence-electron chi connectivity index (χ3n) is 3.69. The predicted molar refractivity (Wildman–Crippen MR) is 75.4 cm³/mol. The molecule has 1 heterocycles. The van der Waals surface area contributed by atoms with Crippen molar-refractivity contribution in [2.75, 3.05) is 25.4 Å². The van der Waals surface area contributed by atoms with Crippen LogP contribution < -0.4 is 5.32 Å². The van der Waals surface area contributed by atoms with Crippen LogP contribution in [0.3, 0.4) is 0 Å². The lowest BCUT2D eigenvalue weighted by Gasteiger charge is -2.45. The summed E-state index contributed by atoms with van der Waals surface area (Å²) in [6.07, 6.45) is 0.973. The molecule has 1 fully saturated rings. The molecular weight excluding hydrogens is 273 g/mol. The van der Waals surface area contributed by atoms with Gasteiger partial charge in [0.05, 0.1) is 0 Å². The van der Waals surface area contributed by atoms with Crippen LogP contribution in [0, 0.1) is 5.41 Å². The van der Waals surface area contributed by atoms with Crippen molar-refractivity contribution in [2.24, 2.45) is 5.41 Å². The van der Waals surface area contributed by atoms with Gasteiger partial charge in [-0.15, -0.1) is 0 Å². The molecule has 1 rings (SSSR count). The summed E-state index contributed by atoms with van der Waals surface area (Å²) in [5.74, 6) is 0.122. The molecule has 0 aliphatic carbocycles. The fourth-order valence-electron chi connectivity index (χ4n) is 2.39. The second-order valence-corrected chi connectivity index (χ2v) is 7.34. The van der Waals surface area contributed by atoms with Crippen LogP contribution in [0.1, 0.15) is 34.1 Å². The Morgan fingerprint density at radius 2 is 1.89 bits per heavy atom. The van der Waals surface area contributed by atoms with Gasteiger partial charge in [-0.25, -0.2) is 0 Å². The first-order valence-electron chi connectivity index (χ1n) is 6.81. The molecule has 2 atom stereocenters. The van der Waals surface area contributed by atoms with Crippen molar-refractivity contribution in [3.8, 4) is 0 Å². The summed E-state index contributed by atoms with van der Waals surface area (Å²) < 4.78 is 36.6. The zero-order chi connectivity index (χ0) is 14.7. The van der Waals surface area contributed by atoms with Gasteiger partial charge < -0.3 is 5.32 Å². The number of hydrogen-bond donors (Lipinski definition) is 1. The number of halogens is 3. The molecule has 1 N–H and O–H groups in total. The molecule has 2 unspecified atom stereocenters. The van der Waals surface area contributed by atoms with Crippen molar-refractivity contribution in [3.05, 3.63) is 0 Å². The predicted octanol–water partition coefficient (Wildman–Crippen LogP) is 3.34. The maximum absolute atomic E-state index is 12.2. The minimum absolute atomic E-state index is 0.0864. The Labute approximate surface area is 118 Å². The summed E-state index contributed by atoms with van der Waals surface area (Å²) in [4.78, 5) is 2.21. The molecule has 0 bridgehead atoms. The number of nitrogens with one attached hydrogen (secondary N) is 1. The summed E-state index contributed by atoms with van der Waals surface area (Å²) in [5, 5.41) is 3.53. The van der Waals surface area contributed by atoms with Crippen LogP contribution >= 0.6 is 11.8 Å². The Morgan fingerprint density at radius 1 is 1.26 bits per heavy atom. The highest BCUT2D eigenvalue weighted by atomic mass is 32.2. The molecule has 0 spiro atoms. The van der Waals surface area contributed by atoms with Crippen LogP contribution in [0.2, 0.25) is 0 Å². The summed E-state index contributed by atoms with van der Waals surface area (Å²) >= 11 is 0.0864. The Balaban J connectivity index is 2.51. The van der Waals surface area contributed by atoms with E-state index in [9.17, 15) is 13.2 Å². The van der Waals surface area contributed by atoms with Crippen molar-refractivity contribution < 1.29 is 13.2 Å². The molecule has 6 heteroatoms. The van der Waals surface area contributed by atoms with E-state index in [0.29, 0.717) is 18.6 Å². The van der Waals surface area contributed by atoms with Crippen molar-refractivity contribution >= 4 is 11.8 Å². The monoisotopic (exact) mass is 298 g/mol. The summed E-state index contributed by atoms with van der Waals surface area (Å²) in [6, 6.07) is 0.693. The van der Waals surface area contributed by atoms with Gasteiger partial charge in [0.1, 0.15) is 0 Å². The van der Waals surface area contributed by atoms with Crippen LogP contribution in [0.4, 0.5) is 13.2 Å². The van der Waals surface area contributed by atoms with E-state index in [1.165, 1.54) is 0 Å². The van der Waals surface area contributed by atoms with Crippen LogP contribution in [-0.2, 0) is 0 Å². The van der Waals surface area contributed by atoms with E-state index in [2.05, 4.69) is 37.9 Å². The molecule has 0 aromatic carbocycles. The standard InChI is InChI=1S/C13H25F3N2S/c1-5-10-8-17-11(12(2,3)4)9-18(10)6-7-19-13(14,15)16/h10-11,17H,5-9H2,1-4H3. The number of nitrogens with zero attached hydrogens (tertiary/aromatic N) is 1. The molecule has 0 amide bonds. The maximum Gasteiger partial charge on any atom is 0.441 e. The van der Waals surface area contributed by atoms with Crippen LogP contribution in [0.15, 0.2) is 0 Å². The molecule has 114 valence electrons. The van der Waals surface area contributed by atoms with Gasteiger partial charge in [0.15, 0.2) is 0 Å². The number of rotatable bonds is 4. The minimum Gasteiger partial charge on any atom is -0.311 e. The zero-order valence-electron chi connectivity index (χ0n) is 12.2. The van der Waals surface area contributed by atoms with E-state index >= 15 is 0 Å². The van der Waals surface area contributed by atoms with E-state index in [4.69, 9.17) is 0 Å². The number of hydrogen-bond acceptors (Lipinski definition) is 3. The first-order valence-corrected chi connectivity index (χ1v) is 7.80. The maximum atomic E-state index is 12.2. The topological polar surface area (TPSA) is 15.3 Å². The highest BCUT2D eigenvalue weighted by Gasteiger charge is 2.34. The SMILES string of the molecule is CCC1CNC(C(C)(C)C)CN1CCSC(F)(F)F. The normalized spacial score (nSPS) is 26.7. The number of alkyl halides is 3. The Hall–Kier alpha value is 0.0600. The van der Waals surface area contributed by atoms with Gasteiger partial charge >= 0.3 is 5.51 Å². The third-order valence-corrected chi connectivity index (χ3v) is 4.41. The van der Waals surface area contributed by atoms with E-state index < -0.39 is 5.51 Å². The highest BCUT2D eigenvalue weighted by molar-refractivity contribution is 8.00. The molecular formula is C13H25F3N2S. The molecule has 0 radical (unpaired) electrons. The minimum atomic E-state index is -4.11. The summed E-state index contributed by atoms with van der Waals surface area (Å²) in [7, 11) is 0. The van der Waals surface area contributed by atoms with Crippen LogP contribution in [-0.4, -0.2) is 47.9 Å². The number of thioether (sulfide) groups is 1. The van der Waals surface area contributed by atoms with Gasteiger partial charge in [-0.1, -0.05) is 27.7 Å². The lowest BCUT2D eigenvalue weighted by Crippen LogP contribution is -2.60. The summed E-state index contributed by atoms with van der Waals surface area (Å²) in [6.45, 7) is 10.8. The molecule has 1 saturated heterocycles. The van der Waals surface area contributed by atoms with Crippen molar-refractivity contribution in [2.45, 2.75) is 51.7 Å². The molecule has 19 heavy (non-hydrogen) atoms. The third kappa shape index (κ3) is 5.92. The van der Waals surface area contributed by atoms with E-state index in [1.807, 2.05) is 0 Å². The second kappa shape index (κ2) is 6.68. The average Bonchev–Trinajstić information content (AvgIpc) is 2.26. The quantitative estimate of drug-likeness (QED) is 0.857. The molecule has 1 aliphatic heterocycles. The van der Waals surface area contributed by atoms with E-state index in [1.54, 1.807) is 0 Å². The first-order chi connectivity index (χ1) is 8.63. The number of piperazine rings is 1. The molecule has 2 nitrogen and oxygen atoms in total. The Morgan fingerprint density at radius 3 is 2.37 bits per heavy atom. The molecule has 1 aliphatic rings. The average molecular weight is 298 g/mol. The zero-order valence-corrected chi connectivity index (χ0v) is 13.0. The van der Waals surface area contributed by atoms with Crippen molar-refractivity contribution in [1.29, 1.82) is 0 Å². The molecule has 0 aromatic rings. The van der Waals surface area contributed by atoms with Crippen LogP contribution in [0.25, 0.3) is 0 Å². The van der Waals surface area contributed by atoms with Crippen LogP contribution in [0.5, 0.6) is 0 Å². The summed E-state index contributed by atoms with van der Waals surface area (Å²) in [5.41, 5.74) is -3.98. The van der Waals surface area contributed by atoms with Crippen molar-refractivity contribution in [3.63, 3.8) is 0 Å². The van der Waals surface area contributed by atoms with Gasteiger partial charge in [0.25, 0.3) is 0 Å². The van der Waals surface area contributed by atoms with Gasteiger partial charge in [-0.2, -0.15) is 13.2 Å². The van der Waals surface area contributed by atoms with Gasteiger partial charge in [-0.3, -0.25) is 4.90 Å². The highest BCUT2D eigenvalue weighted by Crippen LogP contribution is 2.30. The Bertz CT molecular complexity index is 276. The largest absolute Gasteiger partial charge is 0.441 e. The first kappa shape index (κ1) is 17.1. The van der Waals surface area contributed by atoms with Gasteiger partial charge in [0, 0.05) is 37.5 Å². The van der Waals surface area contributed by atoms with Gasteiger partial charge in [-0.05, 0) is 23.6 Å². The fourth-order valence-corrected chi connectivity index (χ4v) is 2.95. The fraction of sp³-hybridized carbons (Fsp3) is 1.00. The van der Waals surface area contributed by atoms with E-state index in [0.717, 1.165) is 19.5 Å². The Kier molecular flexibility index (Phi) is 6.01. The second-order valence-electron chi connectivity index (χ2n) is 6.18. The van der Waals surface area contributed by atoms with Gasteiger partial charge in [0.2, 0.25) is 0 Å². The smallest absolute Gasteiger partial charge is 0.311 e. The lowest BCUT2D eigenvalue weighted by molar-refractivity contribution is -0.0330. The molecule has 0 saturated carbocycles. The lowest BCUT2D eigenvalue weighted by atomic mass is 9.84. The molecule has 0 aromatic heterocycles.